The van der Waals surface area contributed by atoms with Crippen molar-refractivity contribution in [3.05, 3.63) is 29.1 Å². The number of rotatable bonds is 1. The first kappa shape index (κ1) is 10.4. The molecule has 1 aromatic carbocycles. The molecule has 0 saturated carbocycles. The lowest BCUT2D eigenvalue weighted by atomic mass is 9.81. The molecule has 0 spiro atoms. The lowest BCUT2D eigenvalue weighted by Gasteiger charge is -2.28. The fraction of sp³-hybridized carbons (Fsp3) is 0.500. The molecule has 0 fully saturated rings. The minimum atomic E-state index is -0.188. The molecule has 2 N–H and O–H groups in total. The van der Waals surface area contributed by atoms with Crippen LogP contribution in [0.2, 0.25) is 0 Å². The van der Waals surface area contributed by atoms with Gasteiger partial charge in [0, 0.05) is 12.1 Å². The molecule has 2 rings (SSSR count). The molecule has 2 unspecified atom stereocenters. The topological polar surface area (TPSA) is 35.2 Å². The Hall–Kier alpha value is -1.09. The summed E-state index contributed by atoms with van der Waals surface area (Å²) in [6.45, 7) is 2.04. The fourth-order valence-electron chi connectivity index (χ4n) is 2.29. The third-order valence-electron chi connectivity index (χ3n) is 3.17. The average Bonchev–Trinajstić information content (AvgIpc) is 2.23. The molecule has 0 saturated heterocycles. The van der Waals surface area contributed by atoms with Gasteiger partial charge in [-0.25, -0.2) is 4.39 Å². The van der Waals surface area contributed by atoms with Crippen LogP contribution in [-0.4, -0.2) is 7.11 Å². The molecule has 1 aliphatic carbocycles. The van der Waals surface area contributed by atoms with E-state index in [2.05, 4.69) is 0 Å². The first-order chi connectivity index (χ1) is 7.13. The molecule has 0 aromatic heterocycles. The van der Waals surface area contributed by atoms with Crippen LogP contribution in [0.4, 0.5) is 4.39 Å². The molecule has 15 heavy (non-hydrogen) atoms. The predicted octanol–water partition coefficient (Wildman–Crippen LogP) is 2.73. The third kappa shape index (κ3) is 1.72. The van der Waals surface area contributed by atoms with Crippen molar-refractivity contribution in [2.24, 2.45) is 5.73 Å². The number of nitrogens with two attached hydrogens (primary N) is 1. The first-order valence-corrected chi connectivity index (χ1v) is 5.26. The molecule has 82 valence electrons. The molecule has 0 heterocycles. The highest BCUT2D eigenvalue weighted by Crippen LogP contribution is 2.39. The normalized spacial score (nSPS) is 24.8. The standard InChI is InChI=1S/C12H16FNO/c1-7-3-4-11(14)9-5-8(15-2)6-10(13)12(7)9/h5-7,11H,3-4,14H2,1-2H3. The number of fused-ring (bicyclic) bond motifs is 1. The van der Waals surface area contributed by atoms with Crippen molar-refractivity contribution in [1.82, 2.24) is 0 Å². The second-order valence-electron chi connectivity index (χ2n) is 4.20. The number of hydrogen-bond acceptors (Lipinski definition) is 2. The summed E-state index contributed by atoms with van der Waals surface area (Å²) in [7, 11) is 1.54. The Balaban J connectivity index is 2.56. The molecule has 0 bridgehead atoms. The summed E-state index contributed by atoms with van der Waals surface area (Å²) >= 11 is 0. The van der Waals surface area contributed by atoms with Crippen LogP contribution in [0, 0.1) is 5.82 Å². The molecule has 1 aromatic rings. The van der Waals surface area contributed by atoms with E-state index >= 15 is 0 Å². The van der Waals surface area contributed by atoms with E-state index in [-0.39, 0.29) is 17.8 Å². The number of ether oxygens (including phenoxy) is 1. The van der Waals surface area contributed by atoms with Crippen LogP contribution in [0.15, 0.2) is 12.1 Å². The van der Waals surface area contributed by atoms with E-state index in [9.17, 15) is 4.39 Å². The van der Waals surface area contributed by atoms with Gasteiger partial charge in [-0.15, -0.1) is 0 Å². The van der Waals surface area contributed by atoms with Gasteiger partial charge in [-0.05, 0) is 36.0 Å². The van der Waals surface area contributed by atoms with Gasteiger partial charge in [0.15, 0.2) is 0 Å². The number of methoxy groups -OCH3 is 1. The summed E-state index contributed by atoms with van der Waals surface area (Å²) in [6.07, 6.45) is 1.87. The molecule has 3 heteroatoms. The Kier molecular flexibility index (Phi) is 2.65. The molecular weight excluding hydrogens is 193 g/mol. The van der Waals surface area contributed by atoms with Gasteiger partial charge in [-0.1, -0.05) is 6.92 Å². The fourth-order valence-corrected chi connectivity index (χ4v) is 2.29. The summed E-state index contributed by atoms with van der Waals surface area (Å²) in [5.41, 5.74) is 7.66. The van der Waals surface area contributed by atoms with E-state index in [4.69, 9.17) is 10.5 Å². The molecule has 1 aliphatic rings. The first-order valence-electron chi connectivity index (χ1n) is 5.26. The summed E-state index contributed by atoms with van der Waals surface area (Å²) in [6, 6.07) is 3.24. The van der Waals surface area contributed by atoms with Crippen LogP contribution in [0.3, 0.4) is 0 Å². The zero-order valence-corrected chi connectivity index (χ0v) is 9.09. The van der Waals surface area contributed by atoms with Crippen LogP contribution >= 0.6 is 0 Å². The van der Waals surface area contributed by atoms with Crippen LogP contribution in [0.5, 0.6) is 5.75 Å². The van der Waals surface area contributed by atoms with Crippen LogP contribution in [0.25, 0.3) is 0 Å². The minimum Gasteiger partial charge on any atom is -0.497 e. The quantitative estimate of drug-likeness (QED) is 0.771. The Labute approximate surface area is 89.2 Å². The van der Waals surface area contributed by atoms with Gasteiger partial charge in [0.25, 0.3) is 0 Å². The van der Waals surface area contributed by atoms with Crippen molar-refractivity contribution >= 4 is 0 Å². The summed E-state index contributed by atoms with van der Waals surface area (Å²) < 4.78 is 18.9. The average molecular weight is 209 g/mol. The summed E-state index contributed by atoms with van der Waals surface area (Å²) in [5, 5.41) is 0. The van der Waals surface area contributed by atoms with E-state index in [1.165, 1.54) is 6.07 Å². The Morgan fingerprint density at radius 2 is 2.13 bits per heavy atom. The SMILES string of the molecule is COc1cc(F)c2c(c1)C(N)CCC2C. The lowest BCUT2D eigenvalue weighted by molar-refractivity contribution is 0.404. The highest BCUT2D eigenvalue weighted by Gasteiger charge is 2.26. The van der Waals surface area contributed by atoms with Crippen molar-refractivity contribution in [1.29, 1.82) is 0 Å². The van der Waals surface area contributed by atoms with Gasteiger partial charge in [0.2, 0.25) is 0 Å². The van der Waals surface area contributed by atoms with Crippen molar-refractivity contribution < 1.29 is 9.13 Å². The van der Waals surface area contributed by atoms with Gasteiger partial charge < -0.3 is 10.5 Å². The van der Waals surface area contributed by atoms with Crippen LogP contribution < -0.4 is 10.5 Å². The number of halogens is 1. The maximum absolute atomic E-state index is 13.8. The van der Waals surface area contributed by atoms with Gasteiger partial charge in [-0.2, -0.15) is 0 Å². The molecule has 2 nitrogen and oxygen atoms in total. The summed E-state index contributed by atoms with van der Waals surface area (Å²) in [4.78, 5) is 0. The largest absolute Gasteiger partial charge is 0.497 e. The maximum atomic E-state index is 13.8. The van der Waals surface area contributed by atoms with E-state index in [1.807, 2.05) is 13.0 Å². The third-order valence-corrected chi connectivity index (χ3v) is 3.17. The second-order valence-corrected chi connectivity index (χ2v) is 4.20. The van der Waals surface area contributed by atoms with E-state index in [0.717, 1.165) is 24.0 Å². The monoisotopic (exact) mass is 209 g/mol. The van der Waals surface area contributed by atoms with Gasteiger partial charge in [0.05, 0.1) is 7.11 Å². The van der Waals surface area contributed by atoms with E-state index in [0.29, 0.717) is 5.75 Å². The number of benzene rings is 1. The van der Waals surface area contributed by atoms with Crippen LogP contribution in [-0.2, 0) is 0 Å². The zero-order valence-electron chi connectivity index (χ0n) is 9.09. The molecule has 0 aliphatic heterocycles. The van der Waals surface area contributed by atoms with Crippen LogP contribution in [0.1, 0.15) is 42.9 Å². The van der Waals surface area contributed by atoms with Crippen molar-refractivity contribution in [3.8, 4) is 5.75 Å². The van der Waals surface area contributed by atoms with Crippen molar-refractivity contribution in [3.63, 3.8) is 0 Å². The Morgan fingerprint density at radius 3 is 2.80 bits per heavy atom. The lowest BCUT2D eigenvalue weighted by Crippen LogP contribution is -2.20. The smallest absolute Gasteiger partial charge is 0.130 e. The number of hydrogen-bond donors (Lipinski definition) is 1. The molecule has 0 amide bonds. The van der Waals surface area contributed by atoms with Gasteiger partial charge in [-0.3, -0.25) is 0 Å². The Morgan fingerprint density at radius 1 is 1.40 bits per heavy atom. The van der Waals surface area contributed by atoms with E-state index < -0.39 is 0 Å². The van der Waals surface area contributed by atoms with E-state index in [1.54, 1.807) is 7.11 Å². The predicted molar refractivity (Wildman–Crippen MR) is 57.5 cm³/mol. The zero-order chi connectivity index (χ0) is 11.0. The summed E-state index contributed by atoms with van der Waals surface area (Å²) in [5.74, 6) is 0.619. The highest BCUT2D eigenvalue weighted by atomic mass is 19.1. The van der Waals surface area contributed by atoms with Gasteiger partial charge in [0.1, 0.15) is 11.6 Å². The van der Waals surface area contributed by atoms with Crippen molar-refractivity contribution in [2.45, 2.75) is 31.7 Å². The highest BCUT2D eigenvalue weighted by molar-refractivity contribution is 5.42. The molecule has 2 atom stereocenters. The Bertz CT molecular complexity index is 378. The molecular formula is C12H16FNO. The van der Waals surface area contributed by atoms with Gasteiger partial charge >= 0.3 is 0 Å². The molecule has 0 radical (unpaired) electrons. The second kappa shape index (κ2) is 3.81. The van der Waals surface area contributed by atoms with Crippen molar-refractivity contribution in [2.75, 3.05) is 7.11 Å². The minimum absolute atomic E-state index is 0.0548. The maximum Gasteiger partial charge on any atom is 0.130 e.